The minimum Gasteiger partial charge on any atom is -0.493 e. The quantitative estimate of drug-likeness (QED) is 0.372. The predicted molar refractivity (Wildman–Crippen MR) is 118 cm³/mol. The summed E-state index contributed by atoms with van der Waals surface area (Å²) in [6.45, 7) is 0.565. The maximum Gasteiger partial charge on any atom is 0.291 e. The van der Waals surface area contributed by atoms with Crippen molar-refractivity contribution in [1.29, 1.82) is 0 Å². The van der Waals surface area contributed by atoms with E-state index < -0.39 is 5.91 Å². The molecule has 1 aromatic heterocycles. The number of ether oxygens (including phenoxy) is 2. The fraction of sp³-hybridized carbons (Fsp3) is 0.150. The lowest BCUT2D eigenvalue weighted by atomic mass is 10.2. The summed E-state index contributed by atoms with van der Waals surface area (Å²) in [5.74, 6) is 0.749. The number of aromatic nitrogens is 2. The maximum absolute atomic E-state index is 12.3. The van der Waals surface area contributed by atoms with Gasteiger partial charge < -0.3 is 9.47 Å². The van der Waals surface area contributed by atoms with Crippen molar-refractivity contribution < 1.29 is 14.3 Å². The molecule has 0 bridgehead atoms. The van der Waals surface area contributed by atoms with Gasteiger partial charge in [0.1, 0.15) is 0 Å². The Labute approximate surface area is 185 Å². The molecule has 0 atom stereocenters. The van der Waals surface area contributed by atoms with Crippen molar-refractivity contribution >= 4 is 44.0 Å². The van der Waals surface area contributed by atoms with Crippen LogP contribution in [0.5, 0.6) is 11.5 Å². The maximum atomic E-state index is 12.3. The van der Waals surface area contributed by atoms with Crippen molar-refractivity contribution in [3.63, 3.8) is 0 Å². The summed E-state index contributed by atoms with van der Waals surface area (Å²) in [7, 11) is 3.11. The first kappa shape index (κ1) is 21.1. The Kier molecular flexibility index (Phi) is 7.05. The van der Waals surface area contributed by atoms with E-state index in [2.05, 4.69) is 47.5 Å². The molecule has 0 unspecified atom stereocenters. The number of methoxy groups -OCH3 is 2. The zero-order valence-corrected chi connectivity index (χ0v) is 18.9. The minimum atomic E-state index is -0.395. The van der Waals surface area contributed by atoms with Gasteiger partial charge in [0.2, 0.25) is 0 Å². The number of hydrogen-bond donors (Lipinski definition) is 1. The van der Waals surface area contributed by atoms with Crippen LogP contribution in [-0.2, 0) is 6.54 Å². The van der Waals surface area contributed by atoms with Crippen LogP contribution in [0.25, 0.3) is 0 Å². The molecule has 3 aromatic rings. The van der Waals surface area contributed by atoms with Crippen LogP contribution in [0.1, 0.15) is 21.6 Å². The van der Waals surface area contributed by atoms with Gasteiger partial charge in [-0.3, -0.25) is 9.48 Å². The molecule has 0 aliphatic rings. The first-order chi connectivity index (χ1) is 14.0. The van der Waals surface area contributed by atoms with E-state index in [0.29, 0.717) is 18.0 Å². The highest BCUT2D eigenvalue weighted by atomic mass is 79.9. The molecule has 0 spiro atoms. The van der Waals surface area contributed by atoms with E-state index >= 15 is 0 Å². The second kappa shape index (κ2) is 9.71. The Hall–Kier alpha value is -2.65. The Morgan fingerprint density at radius 2 is 2.03 bits per heavy atom. The molecule has 0 fully saturated rings. The lowest BCUT2D eigenvalue weighted by Gasteiger charge is -2.10. The van der Waals surface area contributed by atoms with Gasteiger partial charge in [-0.25, -0.2) is 5.43 Å². The Morgan fingerprint density at radius 3 is 2.76 bits per heavy atom. The van der Waals surface area contributed by atoms with Crippen molar-refractivity contribution in [1.82, 2.24) is 15.2 Å². The molecule has 0 aliphatic carbocycles. The summed E-state index contributed by atoms with van der Waals surface area (Å²) in [6, 6.07) is 13.1. The fourth-order valence-electron chi connectivity index (χ4n) is 2.63. The zero-order valence-electron chi connectivity index (χ0n) is 15.7. The molecular formula is C20H18Br2N4O3. The zero-order chi connectivity index (χ0) is 20.8. The number of hydrogen-bond acceptors (Lipinski definition) is 5. The molecule has 1 amide bonds. The third-order valence-corrected chi connectivity index (χ3v) is 5.02. The molecule has 0 radical (unpaired) electrons. The van der Waals surface area contributed by atoms with Gasteiger partial charge in [-0.05, 0) is 57.4 Å². The topological polar surface area (TPSA) is 77.7 Å². The van der Waals surface area contributed by atoms with Crippen LogP contribution >= 0.6 is 31.9 Å². The summed E-state index contributed by atoms with van der Waals surface area (Å²) in [5.41, 5.74) is 4.57. The van der Waals surface area contributed by atoms with Gasteiger partial charge in [-0.2, -0.15) is 10.2 Å². The number of halogens is 2. The summed E-state index contributed by atoms with van der Waals surface area (Å²) >= 11 is 6.87. The van der Waals surface area contributed by atoms with Crippen LogP contribution in [0, 0.1) is 0 Å². The van der Waals surface area contributed by atoms with E-state index in [4.69, 9.17) is 9.47 Å². The lowest BCUT2D eigenvalue weighted by Crippen LogP contribution is -2.18. The van der Waals surface area contributed by atoms with Gasteiger partial charge in [-0.15, -0.1) is 0 Å². The number of rotatable bonds is 7. The highest BCUT2D eigenvalue weighted by molar-refractivity contribution is 9.10. The van der Waals surface area contributed by atoms with Crippen LogP contribution in [0.4, 0.5) is 0 Å². The number of hydrazone groups is 1. The van der Waals surface area contributed by atoms with E-state index in [1.54, 1.807) is 37.2 Å². The third kappa shape index (κ3) is 5.45. The number of nitrogens with one attached hydrogen (secondary N) is 1. The predicted octanol–water partition coefficient (Wildman–Crippen LogP) is 4.24. The summed E-state index contributed by atoms with van der Waals surface area (Å²) < 4.78 is 14.0. The Morgan fingerprint density at radius 1 is 1.21 bits per heavy atom. The number of carbonyl (C=O) groups is 1. The van der Waals surface area contributed by atoms with E-state index in [0.717, 1.165) is 20.1 Å². The van der Waals surface area contributed by atoms with Crippen LogP contribution in [0.3, 0.4) is 0 Å². The highest BCUT2D eigenvalue weighted by Gasteiger charge is 2.11. The van der Waals surface area contributed by atoms with Crippen LogP contribution < -0.4 is 14.9 Å². The lowest BCUT2D eigenvalue weighted by molar-refractivity contribution is 0.0949. The summed E-state index contributed by atoms with van der Waals surface area (Å²) in [4.78, 5) is 12.3. The molecule has 9 heteroatoms. The SMILES string of the molecule is COc1cc(/C=N/NC(=O)c2ccn(Cc3cccc(Br)c3)n2)cc(Br)c1OC. The van der Waals surface area contributed by atoms with Crippen LogP contribution in [0.2, 0.25) is 0 Å². The first-order valence-electron chi connectivity index (χ1n) is 8.53. The van der Waals surface area contributed by atoms with Crippen molar-refractivity contribution in [2.45, 2.75) is 6.54 Å². The van der Waals surface area contributed by atoms with Gasteiger partial charge in [-0.1, -0.05) is 28.1 Å². The van der Waals surface area contributed by atoms with Crippen molar-refractivity contribution in [2.24, 2.45) is 5.10 Å². The van der Waals surface area contributed by atoms with Gasteiger partial charge in [0.25, 0.3) is 5.91 Å². The van der Waals surface area contributed by atoms with Gasteiger partial charge in [0, 0.05) is 10.7 Å². The van der Waals surface area contributed by atoms with Gasteiger partial charge >= 0.3 is 0 Å². The smallest absolute Gasteiger partial charge is 0.291 e. The monoisotopic (exact) mass is 520 g/mol. The van der Waals surface area contributed by atoms with Crippen LogP contribution in [0.15, 0.2) is 62.7 Å². The Balaban J connectivity index is 1.64. The molecule has 7 nitrogen and oxygen atoms in total. The first-order valence-corrected chi connectivity index (χ1v) is 10.1. The molecular weight excluding hydrogens is 504 g/mol. The highest BCUT2D eigenvalue weighted by Crippen LogP contribution is 2.35. The average molecular weight is 522 g/mol. The van der Waals surface area contributed by atoms with E-state index in [1.807, 2.05) is 30.3 Å². The molecule has 150 valence electrons. The van der Waals surface area contributed by atoms with E-state index in [-0.39, 0.29) is 5.69 Å². The number of amides is 1. The largest absolute Gasteiger partial charge is 0.493 e. The molecule has 2 aromatic carbocycles. The normalized spacial score (nSPS) is 10.9. The third-order valence-electron chi connectivity index (χ3n) is 3.94. The van der Waals surface area contributed by atoms with Crippen molar-refractivity contribution in [2.75, 3.05) is 14.2 Å². The average Bonchev–Trinajstić information content (AvgIpc) is 3.16. The molecule has 29 heavy (non-hydrogen) atoms. The van der Waals surface area contributed by atoms with Gasteiger partial charge in [0.05, 0.1) is 31.5 Å². The second-order valence-corrected chi connectivity index (χ2v) is 7.74. The number of nitrogens with zero attached hydrogens (tertiary/aromatic N) is 3. The summed E-state index contributed by atoms with van der Waals surface area (Å²) in [5, 5.41) is 8.29. The second-order valence-electron chi connectivity index (χ2n) is 5.97. The van der Waals surface area contributed by atoms with Crippen molar-refractivity contribution in [3.05, 3.63) is 74.4 Å². The summed E-state index contributed by atoms with van der Waals surface area (Å²) in [6.07, 6.45) is 3.27. The molecule has 3 rings (SSSR count). The van der Waals surface area contributed by atoms with Crippen molar-refractivity contribution in [3.8, 4) is 11.5 Å². The standard InChI is InChI=1S/C20H18Br2N4O3/c1-28-18-10-14(9-16(22)19(18)29-2)11-23-24-20(27)17-6-7-26(25-17)12-13-4-3-5-15(21)8-13/h3-11H,12H2,1-2H3,(H,24,27)/b23-11+. The van der Waals surface area contributed by atoms with Crippen LogP contribution in [-0.4, -0.2) is 36.1 Å². The molecule has 0 saturated heterocycles. The van der Waals surface area contributed by atoms with E-state index in [9.17, 15) is 4.79 Å². The number of benzene rings is 2. The number of carbonyl (C=O) groups excluding carboxylic acids is 1. The Bertz CT molecular complexity index is 1050. The molecule has 0 aliphatic heterocycles. The van der Waals surface area contributed by atoms with Gasteiger partial charge in [0.15, 0.2) is 17.2 Å². The molecule has 1 N–H and O–H groups in total. The fourth-order valence-corrected chi connectivity index (χ4v) is 3.70. The van der Waals surface area contributed by atoms with E-state index in [1.165, 1.54) is 6.21 Å². The minimum absolute atomic E-state index is 0.283. The molecule has 1 heterocycles. The molecule has 0 saturated carbocycles.